The molecular weight excluding hydrogens is 234 g/mol. The number of nitrogens with zero attached hydrogens (tertiary/aromatic N) is 3. The van der Waals surface area contributed by atoms with Gasteiger partial charge in [-0.05, 0) is 45.4 Å². The van der Waals surface area contributed by atoms with Crippen LogP contribution in [0.4, 0.5) is 0 Å². The van der Waals surface area contributed by atoms with Crippen LogP contribution < -0.4 is 0 Å². The lowest BCUT2D eigenvalue weighted by atomic mass is 10.0. The van der Waals surface area contributed by atoms with Crippen molar-refractivity contribution in [3.63, 3.8) is 0 Å². The molecule has 0 atom stereocenters. The van der Waals surface area contributed by atoms with Gasteiger partial charge in [0.15, 0.2) is 0 Å². The highest BCUT2D eigenvalue weighted by atomic mass is 15.4. The highest BCUT2D eigenvalue weighted by Gasteiger charge is 2.15. The van der Waals surface area contributed by atoms with Crippen LogP contribution in [0.25, 0.3) is 0 Å². The summed E-state index contributed by atoms with van der Waals surface area (Å²) in [6, 6.07) is 0.450. The topological polar surface area (TPSA) is 30.7 Å². The minimum atomic E-state index is 0.450. The quantitative estimate of drug-likeness (QED) is 0.784. The molecule has 1 aromatic heterocycles. The molecule has 1 aromatic rings. The Hall–Kier alpha value is -0.860. The van der Waals surface area contributed by atoms with Crippen molar-refractivity contribution in [3.05, 3.63) is 11.4 Å². The van der Waals surface area contributed by atoms with E-state index in [0.29, 0.717) is 6.04 Å². The van der Waals surface area contributed by atoms with Crippen molar-refractivity contribution >= 4 is 0 Å². The van der Waals surface area contributed by atoms with E-state index in [1.54, 1.807) is 0 Å². The second-order valence-corrected chi connectivity index (χ2v) is 6.24. The fourth-order valence-corrected chi connectivity index (χ4v) is 2.15. The molecule has 0 spiro atoms. The number of hydrogen-bond acceptors (Lipinski definition) is 2. The molecule has 0 bridgehead atoms. The molecular formula is C16H31N3. The van der Waals surface area contributed by atoms with Gasteiger partial charge in [0.1, 0.15) is 0 Å². The lowest BCUT2D eigenvalue weighted by Gasteiger charge is -2.12. The lowest BCUT2D eigenvalue weighted by molar-refractivity contribution is 0.485. The third-order valence-electron chi connectivity index (χ3n) is 3.75. The first kappa shape index (κ1) is 16.2. The average Bonchev–Trinajstić information content (AvgIpc) is 2.72. The summed E-state index contributed by atoms with van der Waals surface area (Å²) in [6.45, 7) is 11.0. The molecule has 1 aliphatic carbocycles. The van der Waals surface area contributed by atoms with Crippen molar-refractivity contribution in [2.75, 3.05) is 0 Å². The monoisotopic (exact) mass is 265 g/mol. The van der Waals surface area contributed by atoms with Gasteiger partial charge < -0.3 is 0 Å². The van der Waals surface area contributed by atoms with Crippen molar-refractivity contribution < 1.29 is 0 Å². The number of hydrogen-bond donors (Lipinski definition) is 0. The van der Waals surface area contributed by atoms with Crippen LogP contribution in [-0.4, -0.2) is 15.0 Å². The number of aryl methyl sites for hydroxylation is 1. The van der Waals surface area contributed by atoms with E-state index in [1.807, 2.05) is 0 Å². The second kappa shape index (κ2) is 8.34. The van der Waals surface area contributed by atoms with E-state index in [-0.39, 0.29) is 0 Å². The van der Waals surface area contributed by atoms with Gasteiger partial charge in [-0.2, -0.15) is 0 Å². The van der Waals surface area contributed by atoms with E-state index in [2.05, 4.69) is 49.6 Å². The first-order chi connectivity index (χ1) is 9.06. The molecule has 1 heterocycles. The smallest absolute Gasteiger partial charge is 0.0859 e. The summed E-state index contributed by atoms with van der Waals surface area (Å²) in [6.07, 6.45) is 8.90. The summed E-state index contributed by atoms with van der Waals surface area (Å²) >= 11 is 0. The zero-order chi connectivity index (χ0) is 14.3. The second-order valence-electron chi connectivity index (χ2n) is 6.24. The number of rotatable bonds is 2. The van der Waals surface area contributed by atoms with E-state index in [1.165, 1.54) is 49.9 Å². The normalized spacial score (nSPS) is 15.5. The molecule has 0 radical (unpaired) electrons. The maximum absolute atomic E-state index is 4.29. The molecule has 0 unspecified atom stereocenters. The van der Waals surface area contributed by atoms with Crippen LogP contribution >= 0.6 is 0 Å². The van der Waals surface area contributed by atoms with Gasteiger partial charge in [0.2, 0.25) is 0 Å². The Kier molecular flexibility index (Phi) is 7.11. The van der Waals surface area contributed by atoms with Gasteiger partial charge in [-0.1, -0.05) is 45.2 Å². The van der Waals surface area contributed by atoms with Crippen LogP contribution in [0, 0.1) is 5.92 Å². The SMILES string of the molecule is CC(C)n1nnc2c1CCCCCC2.CCC(C)C. The Labute approximate surface area is 118 Å². The highest BCUT2D eigenvalue weighted by molar-refractivity contribution is 5.12. The molecule has 110 valence electrons. The van der Waals surface area contributed by atoms with Gasteiger partial charge in [0.05, 0.1) is 11.4 Å². The third kappa shape index (κ3) is 5.33. The minimum absolute atomic E-state index is 0.450. The van der Waals surface area contributed by atoms with Crippen molar-refractivity contribution in [1.82, 2.24) is 15.0 Å². The summed E-state index contributed by atoms with van der Waals surface area (Å²) in [7, 11) is 0. The van der Waals surface area contributed by atoms with Gasteiger partial charge in [-0.15, -0.1) is 5.10 Å². The molecule has 19 heavy (non-hydrogen) atoms. The molecule has 3 heteroatoms. The highest BCUT2D eigenvalue weighted by Crippen LogP contribution is 2.20. The Morgan fingerprint density at radius 1 is 1.00 bits per heavy atom. The summed E-state index contributed by atoms with van der Waals surface area (Å²) in [5, 5.41) is 8.54. The molecule has 0 N–H and O–H groups in total. The molecule has 2 rings (SSSR count). The number of fused-ring (bicyclic) bond motifs is 1. The number of aromatic nitrogens is 3. The minimum Gasteiger partial charge on any atom is -0.247 e. The first-order valence-electron chi connectivity index (χ1n) is 7.99. The fourth-order valence-electron chi connectivity index (χ4n) is 2.15. The van der Waals surface area contributed by atoms with Crippen molar-refractivity contribution in [2.45, 2.75) is 85.6 Å². The van der Waals surface area contributed by atoms with Crippen LogP contribution in [0.1, 0.15) is 84.2 Å². The fraction of sp³-hybridized carbons (Fsp3) is 0.875. The average molecular weight is 265 g/mol. The van der Waals surface area contributed by atoms with Gasteiger partial charge in [-0.25, -0.2) is 4.68 Å². The maximum Gasteiger partial charge on any atom is 0.0859 e. The van der Waals surface area contributed by atoms with Crippen LogP contribution in [-0.2, 0) is 12.8 Å². The van der Waals surface area contributed by atoms with Gasteiger partial charge >= 0.3 is 0 Å². The third-order valence-corrected chi connectivity index (χ3v) is 3.75. The van der Waals surface area contributed by atoms with Gasteiger partial charge in [0, 0.05) is 6.04 Å². The first-order valence-corrected chi connectivity index (χ1v) is 7.99. The van der Waals surface area contributed by atoms with Crippen molar-refractivity contribution in [1.29, 1.82) is 0 Å². The summed E-state index contributed by atoms with van der Waals surface area (Å²) < 4.78 is 2.10. The molecule has 0 saturated heterocycles. The Bertz CT molecular complexity index is 353. The molecule has 0 saturated carbocycles. The Morgan fingerprint density at radius 2 is 1.58 bits per heavy atom. The Morgan fingerprint density at radius 3 is 2.11 bits per heavy atom. The molecule has 0 aliphatic heterocycles. The Balaban J connectivity index is 0.000000312. The van der Waals surface area contributed by atoms with E-state index in [0.717, 1.165) is 12.3 Å². The molecule has 1 aliphatic rings. The maximum atomic E-state index is 4.29. The predicted octanol–water partition coefficient (Wildman–Crippen LogP) is 4.57. The van der Waals surface area contributed by atoms with Crippen LogP contribution in [0.2, 0.25) is 0 Å². The van der Waals surface area contributed by atoms with Crippen molar-refractivity contribution in [3.8, 4) is 0 Å². The van der Waals surface area contributed by atoms with Crippen LogP contribution in [0.3, 0.4) is 0 Å². The predicted molar refractivity (Wildman–Crippen MR) is 81.4 cm³/mol. The van der Waals surface area contributed by atoms with Crippen molar-refractivity contribution in [2.24, 2.45) is 5.92 Å². The zero-order valence-electron chi connectivity index (χ0n) is 13.4. The van der Waals surface area contributed by atoms with E-state index in [9.17, 15) is 0 Å². The van der Waals surface area contributed by atoms with Gasteiger partial charge in [0.25, 0.3) is 0 Å². The zero-order valence-corrected chi connectivity index (χ0v) is 13.4. The summed E-state index contributed by atoms with van der Waals surface area (Å²) in [4.78, 5) is 0. The van der Waals surface area contributed by atoms with E-state index in [4.69, 9.17) is 0 Å². The van der Waals surface area contributed by atoms with E-state index >= 15 is 0 Å². The summed E-state index contributed by atoms with van der Waals surface area (Å²) in [5.74, 6) is 0.884. The molecule has 0 fully saturated rings. The molecule has 0 aromatic carbocycles. The standard InChI is InChI=1S/C11H19N3.C5H12/c1-9(2)14-11-8-6-4-3-5-7-10(11)12-13-14;1-4-5(2)3/h9H,3-8H2,1-2H3;5H,4H2,1-3H3. The lowest BCUT2D eigenvalue weighted by Crippen LogP contribution is -2.09. The molecule has 0 amide bonds. The van der Waals surface area contributed by atoms with Gasteiger partial charge in [-0.3, -0.25) is 0 Å². The van der Waals surface area contributed by atoms with E-state index < -0.39 is 0 Å². The van der Waals surface area contributed by atoms with Crippen LogP contribution in [0.5, 0.6) is 0 Å². The summed E-state index contributed by atoms with van der Waals surface area (Å²) in [5.41, 5.74) is 2.64. The van der Waals surface area contributed by atoms with Crippen LogP contribution in [0.15, 0.2) is 0 Å². The molecule has 3 nitrogen and oxygen atoms in total. The largest absolute Gasteiger partial charge is 0.247 e.